The lowest BCUT2D eigenvalue weighted by atomic mass is 10.0. The molecule has 0 aliphatic carbocycles. The fraction of sp³-hybridized carbons (Fsp3) is 0.273. The Kier molecular flexibility index (Phi) is 7.79. The molecule has 1 heterocycles. The summed E-state index contributed by atoms with van der Waals surface area (Å²) in [6.07, 6.45) is 0.431. The van der Waals surface area contributed by atoms with E-state index in [1.807, 2.05) is 55.4 Å². The lowest BCUT2D eigenvalue weighted by molar-refractivity contribution is -0.132. The molecule has 7 nitrogen and oxygen atoms in total. The Morgan fingerprint density at radius 3 is 2.68 bits per heavy atom. The van der Waals surface area contributed by atoms with Crippen LogP contribution in [0.25, 0.3) is 0 Å². The van der Waals surface area contributed by atoms with Crippen molar-refractivity contribution in [3.8, 4) is 0 Å². The van der Waals surface area contributed by atoms with E-state index in [1.165, 1.54) is 7.11 Å². The number of benzene rings is 2. The second-order valence-corrected chi connectivity index (χ2v) is 7.92. The molecule has 0 aromatic heterocycles. The van der Waals surface area contributed by atoms with Crippen molar-refractivity contribution in [1.82, 2.24) is 10.3 Å². The summed E-state index contributed by atoms with van der Waals surface area (Å²) in [6, 6.07) is 12.9. The molecular formula is C22H23Cl2N5O2. The van der Waals surface area contributed by atoms with Gasteiger partial charge in [0, 0.05) is 34.1 Å². The van der Waals surface area contributed by atoms with E-state index in [4.69, 9.17) is 32.9 Å². The van der Waals surface area contributed by atoms with Crippen molar-refractivity contribution in [3.05, 3.63) is 63.6 Å². The van der Waals surface area contributed by atoms with Crippen LogP contribution in [-0.2, 0) is 9.53 Å². The third kappa shape index (κ3) is 5.91. The number of hydrazone groups is 1. The van der Waals surface area contributed by atoms with Gasteiger partial charge in [-0.1, -0.05) is 41.4 Å². The van der Waals surface area contributed by atoms with E-state index in [9.17, 15) is 4.79 Å². The van der Waals surface area contributed by atoms with E-state index in [0.717, 1.165) is 11.1 Å². The van der Waals surface area contributed by atoms with E-state index in [1.54, 1.807) is 6.07 Å². The van der Waals surface area contributed by atoms with Crippen molar-refractivity contribution in [3.63, 3.8) is 0 Å². The Morgan fingerprint density at radius 2 is 1.97 bits per heavy atom. The maximum Gasteiger partial charge on any atom is 0.354 e. The molecule has 2 aromatic rings. The predicted molar refractivity (Wildman–Crippen MR) is 126 cm³/mol. The Labute approximate surface area is 191 Å². The van der Waals surface area contributed by atoms with Gasteiger partial charge in [0.05, 0.1) is 25.1 Å². The lowest BCUT2D eigenvalue weighted by Crippen LogP contribution is -2.28. The molecule has 2 aromatic carbocycles. The van der Waals surface area contributed by atoms with Gasteiger partial charge in [0.1, 0.15) is 11.5 Å². The largest absolute Gasteiger partial charge is 0.464 e. The van der Waals surface area contributed by atoms with Gasteiger partial charge in [0.25, 0.3) is 0 Å². The zero-order valence-corrected chi connectivity index (χ0v) is 19.0. The number of fused-ring (bicyclic) bond motifs is 1. The maximum atomic E-state index is 12.1. The van der Waals surface area contributed by atoms with Gasteiger partial charge >= 0.3 is 5.97 Å². The second-order valence-electron chi connectivity index (χ2n) is 7.08. The summed E-state index contributed by atoms with van der Waals surface area (Å²) in [5.74, 6) is -0.00658. The molecule has 0 unspecified atom stereocenters. The van der Waals surface area contributed by atoms with E-state index in [0.29, 0.717) is 40.2 Å². The highest BCUT2D eigenvalue weighted by molar-refractivity contribution is 6.37. The van der Waals surface area contributed by atoms with Gasteiger partial charge in [-0.2, -0.15) is 5.10 Å². The van der Waals surface area contributed by atoms with Crippen molar-refractivity contribution in [2.45, 2.75) is 6.42 Å². The SMILES string of the molecule is COC(=O)/C(CCN(C)C)=N\NC1=Nc2ccc(Cl)cc2C(c2ccccc2Cl)=NC1. The Balaban J connectivity index is 1.96. The monoisotopic (exact) mass is 459 g/mol. The first-order valence-corrected chi connectivity index (χ1v) is 10.4. The third-order valence-corrected chi connectivity index (χ3v) is 5.09. The van der Waals surface area contributed by atoms with Crippen molar-refractivity contribution in [2.75, 3.05) is 34.3 Å². The minimum absolute atomic E-state index is 0.221. The fourth-order valence-corrected chi connectivity index (χ4v) is 3.34. The number of esters is 1. The van der Waals surface area contributed by atoms with Crippen LogP contribution in [0.1, 0.15) is 17.5 Å². The zero-order valence-electron chi connectivity index (χ0n) is 17.5. The zero-order chi connectivity index (χ0) is 22.4. The summed E-state index contributed by atoms with van der Waals surface area (Å²) in [5, 5.41) is 5.40. The molecule has 1 N–H and O–H groups in total. The van der Waals surface area contributed by atoms with E-state index in [2.05, 4.69) is 15.5 Å². The van der Waals surface area contributed by atoms with E-state index >= 15 is 0 Å². The van der Waals surface area contributed by atoms with Gasteiger partial charge in [0.15, 0.2) is 0 Å². The summed E-state index contributed by atoms with van der Waals surface area (Å²) in [6.45, 7) is 0.872. The minimum atomic E-state index is -0.490. The Morgan fingerprint density at radius 1 is 1.19 bits per heavy atom. The molecule has 31 heavy (non-hydrogen) atoms. The smallest absolute Gasteiger partial charge is 0.354 e. The highest BCUT2D eigenvalue weighted by Gasteiger charge is 2.19. The predicted octanol–water partition coefficient (Wildman–Crippen LogP) is 3.94. The average molecular weight is 460 g/mol. The molecule has 1 aliphatic rings. The first-order valence-electron chi connectivity index (χ1n) is 9.61. The number of hydrogen-bond acceptors (Lipinski definition) is 7. The molecule has 3 rings (SSSR count). The number of nitrogens with zero attached hydrogens (tertiary/aromatic N) is 4. The molecule has 0 fully saturated rings. The summed E-state index contributed by atoms with van der Waals surface area (Å²) < 4.78 is 4.84. The van der Waals surface area contributed by atoms with E-state index in [-0.39, 0.29) is 12.3 Å². The van der Waals surface area contributed by atoms with Crippen molar-refractivity contribution < 1.29 is 9.53 Å². The standard InChI is InChI=1S/C22H23Cl2N5O2/c1-29(2)11-10-19(22(30)31-3)27-28-20-13-25-21(15-6-4-5-7-17(15)24)16-12-14(23)8-9-18(16)26-20/h4-9,12H,10-11,13H2,1-3H3,(H,26,28)/b27-19-. The van der Waals surface area contributed by atoms with Crippen LogP contribution in [0.5, 0.6) is 0 Å². The molecule has 0 spiro atoms. The summed E-state index contributed by atoms with van der Waals surface area (Å²) in [5.41, 5.74) is 6.07. The molecule has 0 saturated carbocycles. The van der Waals surface area contributed by atoms with Crippen LogP contribution in [0.15, 0.2) is 57.6 Å². The summed E-state index contributed by atoms with van der Waals surface area (Å²) in [7, 11) is 5.17. The Bertz CT molecular complexity index is 1060. The second kappa shape index (κ2) is 10.5. The van der Waals surface area contributed by atoms with Gasteiger partial charge in [-0.3, -0.25) is 10.4 Å². The van der Waals surface area contributed by atoms with Crippen molar-refractivity contribution in [1.29, 1.82) is 0 Å². The highest BCUT2D eigenvalue weighted by Crippen LogP contribution is 2.30. The first kappa shape index (κ1) is 22.9. The number of methoxy groups -OCH3 is 1. The van der Waals surface area contributed by atoms with Crippen LogP contribution in [0.4, 0.5) is 5.69 Å². The van der Waals surface area contributed by atoms with Gasteiger partial charge in [-0.15, -0.1) is 0 Å². The van der Waals surface area contributed by atoms with Crippen LogP contribution >= 0.6 is 23.2 Å². The molecule has 0 bridgehead atoms. The summed E-state index contributed by atoms with van der Waals surface area (Å²) in [4.78, 5) is 23.4. The number of hydrogen-bond donors (Lipinski definition) is 1. The molecule has 0 atom stereocenters. The van der Waals surface area contributed by atoms with Crippen LogP contribution in [-0.4, -0.2) is 62.4 Å². The number of halogens is 2. The third-order valence-electron chi connectivity index (χ3n) is 4.52. The molecule has 0 saturated heterocycles. The molecule has 1 aliphatic heterocycles. The molecule has 162 valence electrons. The number of amidine groups is 1. The highest BCUT2D eigenvalue weighted by atomic mass is 35.5. The van der Waals surface area contributed by atoms with E-state index < -0.39 is 5.97 Å². The molecular weight excluding hydrogens is 437 g/mol. The van der Waals surface area contributed by atoms with Gasteiger partial charge in [-0.05, 0) is 38.4 Å². The number of nitrogens with one attached hydrogen (secondary N) is 1. The van der Waals surface area contributed by atoms with Crippen LogP contribution in [0.3, 0.4) is 0 Å². The van der Waals surface area contributed by atoms with Crippen molar-refractivity contribution >= 4 is 52.1 Å². The minimum Gasteiger partial charge on any atom is -0.464 e. The number of ether oxygens (including phenoxy) is 1. The van der Waals surface area contributed by atoms with Gasteiger partial charge in [-0.25, -0.2) is 9.79 Å². The quantitative estimate of drug-likeness (QED) is 0.403. The molecule has 0 radical (unpaired) electrons. The van der Waals surface area contributed by atoms with Crippen LogP contribution in [0, 0.1) is 0 Å². The normalized spacial score (nSPS) is 13.8. The maximum absolute atomic E-state index is 12.1. The number of carbonyl (C=O) groups excluding carboxylic acids is 1. The average Bonchev–Trinajstić information content (AvgIpc) is 2.92. The van der Waals surface area contributed by atoms with Crippen LogP contribution < -0.4 is 5.43 Å². The van der Waals surface area contributed by atoms with Gasteiger partial charge < -0.3 is 9.64 Å². The number of carbonyl (C=O) groups is 1. The number of rotatable bonds is 6. The summed E-state index contributed by atoms with van der Waals surface area (Å²) >= 11 is 12.7. The molecule has 0 amide bonds. The topological polar surface area (TPSA) is 78.6 Å². The Hall–Kier alpha value is -2.74. The first-order chi connectivity index (χ1) is 14.9. The van der Waals surface area contributed by atoms with Crippen LogP contribution in [0.2, 0.25) is 10.0 Å². The lowest BCUT2D eigenvalue weighted by Gasteiger charge is -2.10. The van der Waals surface area contributed by atoms with Gasteiger partial charge in [0.2, 0.25) is 0 Å². The molecule has 9 heteroatoms. The fourth-order valence-electron chi connectivity index (χ4n) is 2.94. The van der Waals surface area contributed by atoms with Crippen molar-refractivity contribution in [2.24, 2.45) is 15.1 Å². The number of aliphatic imine (C=N–C) groups is 2.